The SMILES string of the molecule is CC(C)NC(=O)NC(=O)CSc1nnc(C23CC4CC(CC(C4)C2)C3)o1. The molecule has 0 atom stereocenters. The van der Waals surface area contributed by atoms with Crippen molar-refractivity contribution in [1.82, 2.24) is 20.8 Å². The van der Waals surface area contributed by atoms with Crippen molar-refractivity contribution in [3.05, 3.63) is 5.89 Å². The highest BCUT2D eigenvalue weighted by molar-refractivity contribution is 7.99. The number of imide groups is 1. The van der Waals surface area contributed by atoms with E-state index in [2.05, 4.69) is 20.8 Å². The van der Waals surface area contributed by atoms with E-state index in [4.69, 9.17) is 4.42 Å². The fourth-order valence-electron chi connectivity index (χ4n) is 5.44. The number of hydrogen-bond acceptors (Lipinski definition) is 6. The van der Waals surface area contributed by atoms with E-state index in [0.717, 1.165) is 23.6 Å². The van der Waals surface area contributed by atoms with Crippen LogP contribution in [-0.4, -0.2) is 33.9 Å². The van der Waals surface area contributed by atoms with Crippen molar-refractivity contribution in [2.24, 2.45) is 17.8 Å². The summed E-state index contributed by atoms with van der Waals surface area (Å²) in [5.41, 5.74) is 0.0694. The lowest BCUT2D eigenvalue weighted by atomic mass is 9.49. The monoisotopic (exact) mass is 378 g/mol. The van der Waals surface area contributed by atoms with Gasteiger partial charge >= 0.3 is 6.03 Å². The van der Waals surface area contributed by atoms with Crippen LogP contribution in [0, 0.1) is 17.8 Å². The quantitative estimate of drug-likeness (QED) is 0.765. The van der Waals surface area contributed by atoms with E-state index < -0.39 is 6.03 Å². The van der Waals surface area contributed by atoms with Gasteiger partial charge in [-0.1, -0.05) is 11.8 Å². The lowest BCUT2D eigenvalue weighted by molar-refractivity contribution is -0.117. The molecular formula is C18H26N4O3S. The summed E-state index contributed by atoms with van der Waals surface area (Å²) in [6.07, 6.45) is 7.61. The topological polar surface area (TPSA) is 97.1 Å². The summed E-state index contributed by atoms with van der Waals surface area (Å²) in [6, 6.07) is -0.500. The third kappa shape index (κ3) is 3.61. The van der Waals surface area contributed by atoms with Crippen molar-refractivity contribution in [2.45, 2.75) is 69.1 Å². The van der Waals surface area contributed by atoms with Gasteiger partial charge in [0, 0.05) is 11.5 Å². The van der Waals surface area contributed by atoms with Gasteiger partial charge in [-0.25, -0.2) is 4.79 Å². The normalized spacial score (nSPS) is 32.0. The van der Waals surface area contributed by atoms with Gasteiger partial charge in [0.25, 0.3) is 5.22 Å². The smallest absolute Gasteiger partial charge is 0.321 e. The Morgan fingerprint density at radius 3 is 2.35 bits per heavy atom. The van der Waals surface area contributed by atoms with E-state index in [0.29, 0.717) is 5.22 Å². The summed E-state index contributed by atoms with van der Waals surface area (Å²) >= 11 is 1.18. The van der Waals surface area contributed by atoms with Crippen molar-refractivity contribution in [2.75, 3.05) is 5.75 Å². The molecule has 26 heavy (non-hydrogen) atoms. The number of carbonyl (C=O) groups is 2. The molecule has 4 fully saturated rings. The molecular weight excluding hydrogens is 352 g/mol. The average molecular weight is 378 g/mol. The molecule has 1 aromatic heterocycles. The van der Waals surface area contributed by atoms with Gasteiger partial charge in [-0.15, -0.1) is 10.2 Å². The zero-order valence-corrected chi connectivity index (χ0v) is 16.1. The molecule has 0 aliphatic heterocycles. The minimum atomic E-state index is -0.481. The van der Waals surface area contributed by atoms with Crippen LogP contribution in [0.3, 0.4) is 0 Å². The average Bonchev–Trinajstić information content (AvgIpc) is 3.00. The van der Waals surface area contributed by atoms with E-state index in [1.54, 1.807) is 0 Å². The van der Waals surface area contributed by atoms with E-state index in [1.165, 1.54) is 50.3 Å². The molecule has 3 amide bonds. The molecule has 4 aliphatic carbocycles. The van der Waals surface area contributed by atoms with Gasteiger partial charge in [0.05, 0.1) is 5.75 Å². The Labute approximate surface area is 157 Å². The van der Waals surface area contributed by atoms with Crippen LogP contribution in [0.5, 0.6) is 0 Å². The maximum Gasteiger partial charge on any atom is 0.321 e. The van der Waals surface area contributed by atoms with Crippen LogP contribution in [0.15, 0.2) is 9.64 Å². The number of nitrogens with one attached hydrogen (secondary N) is 2. The Morgan fingerprint density at radius 1 is 1.15 bits per heavy atom. The molecule has 0 spiro atoms. The number of urea groups is 1. The molecule has 0 aromatic carbocycles. The van der Waals surface area contributed by atoms with Crippen molar-refractivity contribution in [3.8, 4) is 0 Å². The van der Waals surface area contributed by atoms with Crippen molar-refractivity contribution in [1.29, 1.82) is 0 Å². The predicted octanol–water partition coefficient (Wildman–Crippen LogP) is 2.86. The number of amides is 3. The van der Waals surface area contributed by atoms with E-state index >= 15 is 0 Å². The first-order valence-corrected chi connectivity index (χ1v) is 10.5. The van der Waals surface area contributed by atoms with Crippen LogP contribution in [0.4, 0.5) is 4.79 Å². The minimum absolute atomic E-state index is 0.0192. The summed E-state index contributed by atoms with van der Waals surface area (Å²) in [5, 5.41) is 13.8. The third-order valence-corrected chi connectivity index (χ3v) is 6.72. The van der Waals surface area contributed by atoms with Crippen LogP contribution >= 0.6 is 11.8 Å². The number of aromatic nitrogens is 2. The molecule has 1 heterocycles. The van der Waals surface area contributed by atoms with E-state index in [1.807, 2.05) is 13.8 Å². The standard InChI is InChI=1S/C18H26N4O3S/c1-10(2)19-16(24)20-14(23)9-26-17-22-21-15(25-17)18-6-11-3-12(7-18)5-13(4-11)8-18/h10-13H,3-9H2,1-2H3,(H2,19,20,23,24). The Morgan fingerprint density at radius 2 is 1.77 bits per heavy atom. The molecule has 1 aromatic rings. The summed E-state index contributed by atoms with van der Waals surface area (Å²) < 4.78 is 5.95. The highest BCUT2D eigenvalue weighted by Crippen LogP contribution is 2.60. The van der Waals surface area contributed by atoms with Crippen LogP contribution < -0.4 is 10.6 Å². The largest absolute Gasteiger partial charge is 0.415 e. The summed E-state index contributed by atoms with van der Waals surface area (Å²) in [7, 11) is 0. The van der Waals surface area contributed by atoms with E-state index in [-0.39, 0.29) is 23.1 Å². The minimum Gasteiger partial charge on any atom is -0.415 e. The highest BCUT2D eigenvalue weighted by Gasteiger charge is 2.54. The second-order valence-corrected chi connectivity index (χ2v) is 9.46. The fourth-order valence-corrected chi connectivity index (χ4v) is 6.01. The first-order valence-electron chi connectivity index (χ1n) is 9.49. The molecule has 7 nitrogen and oxygen atoms in total. The van der Waals surface area contributed by atoms with Crippen molar-refractivity contribution < 1.29 is 14.0 Å². The molecule has 2 N–H and O–H groups in total. The van der Waals surface area contributed by atoms with Gasteiger partial charge in [0.1, 0.15) is 0 Å². The number of carbonyl (C=O) groups excluding carboxylic acids is 2. The molecule has 8 heteroatoms. The summed E-state index contributed by atoms with van der Waals surface area (Å²) in [5.74, 6) is 2.91. The summed E-state index contributed by atoms with van der Waals surface area (Å²) in [4.78, 5) is 23.4. The molecule has 4 saturated carbocycles. The van der Waals surface area contributed by atoms with Crippen LogP contribution in [0.25, 0.3) is 0 Å². The molecule has 4 aliphatic rings. The first kappa shape index (κ1) is 17.8. The highest BCUT2D eigenvalue weighted by atomic mass is 32.2. The van der Waals surface area contributed by atoms with Crippen LogP contribution in [-0.2, 0) is 10.2 Å². The zero-order valence-electron chi connectivity index (χ0n) is 15.3. The number of hydrogen-bond donors (Lipinski definition) is 2. The fraction of sp³-hybridized carbons (Fsp3) is 0.778. The van der Waals surface area contributed by atoms with Gasteiger partial charge < -0.3 is 9.73 Å². The Kier molecular flexibility index (Phi) is 4.71. The second-order valence-electron chi connectivity index (χ2n) is 8.54. The van der Waals surface area contributed by atoms with Gasteiger partial charge in [-0.2, -0.15) is 0 Å². The Balaban J connectivity index is 1.34. The Hall–Kier alpha value is -1.57. The molecule has 5 rings (SSSR count). The molecule has 4 bridgehead atoms. The summed E-state index contributed by atoms with van der Waals surface area (Å²) in [6.45, 7) is 3.67. The molecule has 0 unspecified atom stereocenters. The van der Waals surface area contributed by atoms with Gasteiger partial charge in [-0.3, -0.25) is 10.1 Å². The molecule has 0 saturated heterocycles. The third-order valence-electron chi connectivity index (χ3n) is 5.90. The first-order chi connectivity index (χ1) is 12.4. The number of nitrogens with zero attached hydrogens (tertiary/aromatic N) is 2. The zero-order chi connectivity index (χ0) is 18.3. The molecule has 0 radical (unpaired) electrons. The van der Waals surface area contributed by atoms with Crippen molar-refractivity contribution >= 4 is 23.7 Å². The van der Waals surface area contributed by atoms with Gasteiger partial charge in [-0.05, 0) is 70.1 Å². The number of rotatable bonds is 5. The second kappa shape index (κ2) is 6.87. The van der Waals surface area contributed by atoms with Crippen LogP contribution in [0.2, 0.25) is 0 Å². The van der Waals surface area contributed by atoms with Gasteiger partial charge in [0.15, 0.2) is 0 Å². The number of thioether (sulfide) groups is 1. The van der Waals surface area contributed by atoms with Crippen molar-refractivity contribution in [3.63, 3.8) is 0 Å². The maximum atomic E-state index is 11.9. The van der Waals surface area contributed by atoms with Crippen LogP contribution in [0.1, 0.15) is 58.3 Å². The van der Waals surface area contributed by atoms with Gasteiger partial charge in [0.2, 0.25) is 11.8 Å². The predicted molar refractivity (Wildman–Crippen MR) is 96.7 cm³/mol. The lowest BCUT2D eigenvalue weighted by Crippen LogP contribution is -2.48. The molecule has 142 valence electrons. The lowest BCUT2D eigenvalue weighted by Gasteiger charge is -2.55. The van der Waals surface area contributed by atoms with E-state index in [9.17, 15) is 9.59 Å². The Bertz CT molecular complexity index is 667. The maximum absolute atomic E-state index is 11.9.